The minimum absolute atomic E-state index is 0.0200. The zero-order valence-corrected chi connectivity index (χ0v) is 10.6. The highest BCUT2D eigenvalue weighted by molar-refractivity contribution is 5.92. The minimum Gasteiger partial charge on any atom is -0.361 e. The van der Waals surface area contributed by atoms with Gasteiger partial charge in [-0.1, -0.05) is 11.6 Å². The van der Waals surface area contributed by atoms with Gasteiger partial charge < -0.3 is 15.2 Å². The van der Waals surface area contributed by atoms with Crippen LogP contribution in [-0.4, -0.2) is 35.1 Å². The van der Waals surface area contributed by atoms with Gasteiger partial charge in [0.15, 0.2) is 5.69 Å². The summed E-state index contributed by atoms with van der Waals surface area (Å²) in [6.45, 7) is 3.39. The molecule has 1 aromatic heterocycles. The van der Waals surface area contributed by atoms with Gasteiger partial charge in [0.2, 0.25) is 0 Å². The summed E-state index contributed by atoms with van der Waals surface area (Å²) in [4.78, 5) is 14.2. The van der Waals surface area contributed by atoms with Crippen molar-refractivity contribution in [1.82, 2.24) is 10.1 Å². The second kappa shape index (κ2) is 4.39. The Morgan fingerprint density at radius 2 is 2.33 bits per heavy atom. The fourth-order valence-electron chi connectivity index (χ4n) is 3.31. The molecule has 1 aromatic rings. The molecular weight excluding hydrogens is 230 g/mol. The second-order valence-electron chi connectivity index (χ2n) is 5.55. The van der Waals surface area contributed by atoms with Gasteiger partial charge in [0, 0.05) is 25.2 Å². The summed E-state index contributed by atoms with van der Waals surface area (Å²) in [6.07, 6.45) is 3.47. The lowest BCUT2D eigenvalue weighted by Crippen LogP contribution is -2.38. The maximum Gasteiger partial charge on any atom is 0.276 e. The number of amides is 1. The first kappa shape index (κ1) is 11.7. The van der Waals surface area contributed by atoms with Crippen LogP contribution in [0.3, 0.4) is 0 Å². The van der Waals surface area contributed by atoms with E-state index in [-0.39, 0.29) is 11.9 Å². The Morgan fingerprint density at radius 1 is 1.50 bits per heavy atom. The SMILES string of the molecule is Cc1cc(C(=O)N2CC3CCCC(N)C3C2)no1. The van der Waals surface area contributed by atoms with Crippen LogP contribution in [0.25, 0.3) is 0 Å². The molecule has 1 saturated heterocycles. The van der Waals surface area contributed by atoms with Crippen LogP contribution in [0.5, 0.6) is 0 Å². The number of nitrogens with two attached hydrogens (primary N) is 1. The molecular formula is C13H19N3O2. The van der Waals surface area contributed by atoms with E-state index in [4.69, 9.17) is 10.3 Å². The van der Waals surface area contributed by atoms with Crippen molar-refractivity contribution in [2.24, 2.45) is 17.6 Å². The van der Waals surface area contributed by atoms with Crippen LogP contribution < -0.4 is 5.73 Å². The topological polar surface area (TPSA) is 72.4 Å². The van der Waals surface area contributed by atoms with E-state index in [1.165, 1.54) is 12.8 Å². The minimum atomic E-state index is -0.0200. The van der Waals surface area contributed by atoms with Crippen molar-refractivity contribution in [3.8, 4) is 0 Å². The molecule has 0 bridgehead atoms. The average molecular weight is 249 g/mol. The number of hydrogen-bond acceptors (Lipinski definition) is 4. The van der Waals surface area contributed by atoms with Crippen molar-refractivity contribution >= 4 is 5.91 Å². The fraction of sp³-hybridized carbons (Fsp3) is 0.692. The number of rotatable bonds is 1. The molecule has 0 spiro atoms. The van der Waals surface area contributed by atoms with E-state index in [0.717, 1.165) is 19.5 Å². The molecule has 1 aliphatic heterocycles. The first-order valence-corrected chi connectivity index (χ1v) is 6.63. The van der Waals surface area contributed by atoms with Crippen molar-refractivity contribution < 1.29 is 9.32 Å². The van der Waals surface area contributed by atoms with Gasteiger partial charge in [0.25, 0.3) is 5.91 Å². The normalized spacial score (nSPS) is 31.4. The Balaban J connectivity index is 1.73. The van der Waals surface area contributed by atoms with Gasteiger partial charge in [-0.3, -0.25) is 4.79 Å². The molecule has 2 N–H and O–H groups in total. The second-order valence-corrected chi connectivity index (χ2v) is 5.55. The monoisotopic (exact) mass is 249 g/mol. The highest BCUT2D eigenvalue weighted by Gasteiger charge is 2.40. The zero-order valence-electron chi connectivity index (χ0n) is 10.6. The lowest BCUT2D eigenvalue weighted by molar-refractivity contribution is 0.0773. The Kier molecular flexibility index (Phi) is 2.86. The molecule has 18 heavy (non-hydrogen) atoms. The van der Waals surface area contributed by atoms with Crippen LogP contribution in [0.1, 0.15) is 35.5 Å². The summed E-state index contributed by atoms with van der Waals surface area (Å²) < 4.78 is 4.96. The van der Waals surface area contributed by atoms with E-state index in [1.807, 2.05) is 4.90 Å². The van der Waals surface area contributed by atoms with E-state index in [0.29, 0.717) is 23.3 Å². The van der Waals surface area contributed by atoms with E-state index < -0.39 is 0 Å². The third kappa shape index (κ3) is 1.92. The zero-order chi connectivity index (χ0) is 12.7. The molecule has 5 heteroatoms. The molecule has 1 saturated carbocycles. The van der Waals surface area contributed by atoms with Crippen LogP contribution in [-0.2, 0) is 0 Å². The first-order chi connectivity index (χ1) is 8.65. The molecule has 2 fully saturated rings. The van der Waals surface area contributed by atoms with E-state index in [1.54, 1.807) is 13.0 Å². The molecule has 98 valence electrons. The van der Waals surface area contributed by atoms with Crippen molar-refractivity contribution in [3.05, 3.63) is 17.5 Å². The van der Waals surface area contributed by atoms with Crippen LogP contribution in [0.2, 0.25) is 0 Å². The summed E-state index contributed by atoms with van der Waals surface area (Å²) in [5.41, 5.74) is 6.57. The van der Waals surface area contributed by atoms with Crippen molar-refractivity contribution in [3.63, 3.8) is 0 Å². The molecule has 0 aromatic carbocycles. The van der Waals surface area contributed by atoms with Crippen molar-refractivity contribution in [2.75, 3.05) is 13.1 Å². The molecule has 0 radical (unpaired) electrons. The smallest absolute Gasteiger partial charge is 0.276 e. The first-order valence-electron chi connectivity index (χ1n) is 6.63. The Morgan fingerprint density at radius 3 is 3.00 bits per heavy atom. The molecule has 3 atom stereocenters. The van der Waals surface area contributed by atoms with Crippen LogP contribution in [0.4, 0.5) is 0 Å². The van der Waals surface area contributed by atoms with Gasteiger partial charge in [0.05, 0.1) is 0 Å². The van der Waals surface area contributed by atoms with Gasteiger partial charge in [-0.2, -0.15) is 0 Å². The average Bonchev–Trinajstić information content (AvgIpc) is 2.95. The van der Waals surface area contributed by atoms with Crippen LogP contribution in [0.15, 0.2) is 10.6 Å². The van der Waals surface area contributed by atoms with Crippen molar-refractivity contribution in [1.29, 1.82) is 0 Å². The van der Waals surface area contributed by atoms with E-state index in [2.05, 4.69) is 5.16 Å². The predicted octanol–water partition coefficient (Wildman–Crippen LogP) is 1.18. The van der Waals surface area contributed by atoms with Gasteiger partial charge in [-0.15, -0.1) is 0 Å². The van der Waals surface area contributed by atoms with E-state index in [9.17, 15) is 4.79 Å². The summed E-state index contributed by atoms with van der Waals surface area (Å²) in [5.74, 6) is 1.70. The summed E-state index contributed by atoms with van der Waals surface area (Å²) >= 11 is 0. The fourth-order valence-corrected chi connectivity index (χ4v) is 3.31. The lowest BCUT2D eigenvalue weighted by atomic mass is 9.78. The molecule has 3 unspecified atom stereocenters. The number of carbonyl (C=O) groups is 1. The number of likely N-dealkylation sites (tertiary alicyclic amines) is 1. The molecule has 5 nitrogen and oxygen atoms in total. The number of aromatic nitrogens is 1. The third-order valence-electron chi connectivity index (χ3n) is 4.29. The standard InChI is InChI=1S/C13H19N3O2/c1-8-5-12(15-18-8)13(17)16-6-9-3-2-4-11(14)10(9)7-16/h5,9-11H,2-4,6-7,14H2,1H3. The Labute approximate surface area is 106 Å². The van der Waals surface area contributed by atoms with Gasteiger partial charge in [-0.05, 0) is 31.6 Å². The van der Waals surface area contributed by atoms with Gasteiger partial charge >= 0.3 is 0 Å². The lowest BCUT2D eigenvalue weighted by Gasteiger charge is -2.29. The summed E-state index contributed by atoms with van der Waals surface area (Å²) in [6, 6.07) is 1.95. The maximum atomic E-state index is 12.3. The highest BCUT2D eigenvalue weighted by Crippen LogP contribution is 2.35. The van der Waals surface area contributed by atoms with Crippen LogP contribution in [0, 0.1) is 18.8 Å². The largest absolute Gasteiger partial charge is 0.361 e. The number of hydrogen-bond donors (Lipinski definition) is 1. The van der Waals surface area contributed by atoms with E-state index >= 15 is 0 Å². The molecule has 2 aliphatic rings. The number of aryl methyl sites for hydroxylation is 1. The molecule has 1 amide bonds. The Bertz CT molecular complexity index is 457. The van der Waals surface area contributed by atoms with Crippen LogP contribution >= 0.6 is 0 Å². The maximum absolute atomic E-state index is 12.3. The summed E-state index contributed by atoms with van der Waals surface area (Å²) in [5, 5.41) is 3.80. The van der Waals surface area contributed by atoms with Crippen molar-refractivity contribution in [2.45, 2.75) is 32.2 Å². The molecule has 3 rings (SSSR count). The highest BCUT2D eigenvalue weighted by atomic mass is 16.5. The third-order valence-corrected chi connectivity index (χ3v) is 4.29. The quantitative estimate of drug-likeness (QED) is 0.811. The number of fused-ring (bicyclic) bond motifs is 1. The van der Waals surface area contributed by atoms with Gasteiger partial charge in [-0.25, -0.2) is 0 Å². The molecule has 2 heterocycles. The summed E-state index contributed by atoms with van der Waals surface area (Å²) in [7, 11) is 0. The van der Waals surface area contributed by atoms with Gasteiger partial charge in [0.1, 0.15) is 5.76 Å². The number of carbonyl (C=O) groups excluding carboxylic acids is 1. The Hall–Kier alpha value is -1.36. The molecule has 1 aliphatic carbocycles. The predicted molar refractivity (Wildman–Crippen MR) is 65.9 cm³/mol. The number of nitrogens with zero attached hydrogens (tertiary/aromatic N) is 2.